The van der Waals surface area contributed by atoms with Crippen LogP contribution in [0.5, 0.6) is 11.5 Å². The fraction of sp³-hybridized carbons (Fsp3) is 0.588. The summed E-state index contributed by atoms with van der Waals surface area (Å²) in [5.74, 6) is 1.22. The van der Waals surface area contributed by atoms with Gasteiger partial charge in [-0.1, -0.05) is 6.92 Å². The van der Waals surface area contributed by atoms with E-state index in [1.54, 1.807) is 11.0 Å². The van der Waals surface area contributed by atoms with E-state index in [-0.39, 0.29) is 23.0 Å². The Balaban J connectivity index is 1.64. The molecule has 2 heterocycles. The zero-order valence-corrected chi connectivity index (χ0v) is 14.7. The minimum atomic E-state index is -3.52. The summed E-state index contributed by atoms with van der Waals surface area (Å²) in [6.07, 6.45) is 2.13. The van der Waals surface area contributed by atoms with Crippen molar-refractivity contribution >= 4 is 15.7 Å². The van der Waals surface area contributed by atoms with Crippen LogP contribution < -0.4 is 9.47 Å². The first-order valence-corrected chi connectivity index (χ1v) is 10.0. The van der Waals surface area contributed by atoms with Gasteiger partial charge in [0, 0.05) is 25.6 Å². The molecule has 3 rings (SSSR count). The molecular formula is C17H23NO5S. The van der Waals surface area contributed by atoms with Gasteiger partial charge in [0.2, 0.25) is 5.91 Å². The maximum absolute atomic E-state index is 12.5. The fourth-order valence-corrected chi connectivity index (χ4v) is 4.37. The van der Waals surface area contributed by atoms with Gasteiger partial charge in [-0.2, -0.15) is 0 Å². The van der Waals surface area contributed by atoms with Gasteiger partial charge >= 0.3 is 0 Å². The van der Waals surface area contributed by atoms with Gasteiger partial charge in [0.25, 0.3) is 0 Å². The quantitative estimate of drug-likeness (QED) is 0.826. The Morgan fingerprint density at radius 2 is 2.00 bits per heavy atom. The topological polar surface area (TPSA) is 72.9 Å². The van der Waals surface area contributed by atoms with E-state index in [1.165, 1.54) is 12.1 Å². The van der Waals surface area contributed by atoms with Crippen LogP contribution >= 0.6 is 0 Å². The third kappa shape index (κ3) is 3.83. The second-order valence-electron chi connectivity index (χ2n) is 6.46. The van der Waals surface area contributed by atoms with Gasteiger partial charge in [-0.05, 0) is 30.9 Å². The average Bonchev–Trinajstić information content (AvgIpc) is 2.59. The molecule has 132 valence electrons. The lowest BCUT2D eigenvalue weighted by atomic mass is 10.0. The summed E-state index contributed by atoms with van der Waals surface area (Å²) in [7, 11) is -3.52. The zero-order valence-electron chi connectivity index (χ0n) is 13.9. The van der Waals surface area contributed by atoms with Crippen molar-refractivity contribution in [2.24, 2.45) is 5.92 Å². The maximum atomic E-state index is 12.5. The van der Waals surface area contributed by atoms with Crippen molar-refractivity contribution in [2.45, 2.75) is 31.1 Å². The SMILES string of the molecule is C[C@H]1CCCN(C(=O)CCS(=O)(=O)c2ccc3c(c2)OCCO3)C1. The van der Waals surface area contributed by atoms with E-state index in [1.807, 2.05) is 0 Å². The van der Waals surface area contributed by atoms with Gasteiger partial charge in [0.1, 0.15) is 13.2 Å². The fourth-order valence-electron chi connectivity index (χ4n) is 3.13. The first kappa shape index (κ1) is 17.1. The summed E-state index contributed by atoms with van der Waals surface area (Å²) in [5.41, 5.74) is 0. The van der Waals surface area contributed by atoms with Crippen molar-refractivity contribution in [2.75, 3.05) is 32.1 Å². The number of ether oxygens (including phenoxy) is 2. The van der Waals surface area contributed by atoms with Crippen molar-refractivity contribution in [3.05, 3.63) is 18.2 Å². The Hall–Kier alpha value is -1.76. The highest BCUT2D eigenvalue weighted by Gasteiger charge is 2.24. The van der Waals surface area contributed by atoms with E-state index in [0.29, 0.717) is 30.6 Å². The summed E-state index contributed by atoms with van der Waals surface area (Å²) in [6, 6.07) is 4.60. The van der Waals surface area contributed by atoms with Gasteiger partial charge in [0.15, 0.2) is 21.3 Å². The predicted octanol–water partition coefficient (Wildman–Crippen LogP) is 1.88. The number of fused-ring (bicyclic) bond motifs is 1. The van der Waals surface area contributed by atoms with Gasteiger partial charge in [-0.3, -0.25) is 4.79 Å². The Morgan fingerprint density at radius 3 is 2.75 bits per heavy atom. The molecule has 0 spiro atoms. The first-order valence-electron chi connectivity index (χ1n) is 8.36. The van der Waals surface area contributed by atoms with E-state index >= 15 is 0 Å². The molecule has 0 radical (unpaired) electrons. The molecule has 0 saturated carbocycles. The largest absolute Gasteiger partial charge is 0.486 e. The van der Waals surface area contributed by atoms with E-state index in [0.717, 1.165) is 25.9 Å². The van der Waals surface area contributed by atoms with Crippen molar-refractivity contribution < 1.29 is 22.7 Å². The van der Waals surface area contributed by atoms with Gasteiger partial charge in [-0.25, -0.2) is 8.42 Å². The number of likely N-dealkylation sites (tertiary alicyclic amines) is 1. The van der Waals surface area contributed by atoms with Crippen molar-refractivity contribution in [3.63, 3.8) is 0 Å². The number of carbonyl (C=O) groups excluding carboxylic acids is 1. The summed E-state index contributed by atoms with van der Waals surface area (Å²) >= 11 is 0. The third-order valence-corrected chi connectivity index (χ3v) is 6.18. The summed E-state index contributed by atoms with van der Waals surface area (Å²) in [6.45, 7) is 4.44. The minimum Gasteiger partial charge on any atom is -0.486 e. The van der Waals surface area contributed by atoms with Crippen molar-refractivity contribution in [3.8, 4) is 11.5 Å². The zero-order chi connectivity index (χ0) is 17.2. The summed E-state index contributed by atoms with van der Waals surface area (Å²) < 4.78 is 35.8. The standard InChI is InChI=1S/C17H23NO5S/c1-13-3-2-7-18(12-13)17(19)6-10-24(20,21)14-4-5-15-16(11-14)23-9-8-22-15/h4-5,11,13H,2-3,6-10,12H2,1H3/t13-/m0/s1. The lowest BCUT2D eigenvalue weighted by Gasteiger charge is -2.31. The van der Waals surface area contributed by atoms with E-state index in [4.69, 9.17) is 9.47 Å². The molecular weight excluding hydrogens is 330 g/mol. The van der Waals surface area contributed by atoms with E-state index < -0.39 is 9.84 Å². The van der Waals surface area contributed by atoms with Gasteiger partial charge in [-0.15, -0.1) is 0 Å². The lowest BCUT2D eigenvalue weighted by molar-refractivity contribution is -0.132. The van der Waals surface area contributed by atoms with Crippen molar-refractivity contribution in [1.82, 2.24) is 4.90 Å². The highest BCUT2D eigenvalue weighted by molar-refractivity contribution is 7.91. The molecule has 1 fully saturated rings. The molecule has 0 aliphatic carbocycles. The number of benzene rings is 1. The van der Waals surface area contributed by atoms with Crippen LogP contribution in [-0.2, 0) is 14.6 Å². The molecule has 2 aliphatic heterocycles. The smallest absolute Gasteiger partial charge is 0.223 e. The van der Waals surface area contributed by atoms with Crippen LogP contribution in [0.25, 0.3) is 0 Å². The molecule has 1 saturated heterocycles. The molecule has 1 amide bonds. The number of sulfone groups is 1. The monoisotopic (exact) mass is 353 g/mol. The Labute approximate surface area is 142 Å². The second kappa shape index (κ2) is 7.01. The van der Waals surface area contributed by atoms with Crippen LogP contribution in [0.15, 0.2) is 23.1 Å². The number of hydrogen-bond donors (Lipinski definition) is 0. The number of amides is 1. The summed E-state index contributed by atoms with van der Waals surface area (Å²) in [4.78, 5) is 14.2. The molecule has 0 aromatic heterocycles. The minimum absolute atomic E-state index is 0.0174. The Bertz CT molecular complexity index is 716. The molecule has 1 aromatic rings. The molecule has 0 unspecified atom stereocenters. The number of nitrogens with zero attached hydrogens (tertiary/aromatic N) is 1. The molecule has 0 bridgehead atoms. The molecule has 7 heteroatoms. The number of piperidine rings is 1. The number of hydrogen-bond acceptors (Lipinski definition) is 5. The molecule has 1 atom stereocenters. The maximum Gasteiger partial charge on any atom is 0.223 e. The Kier molecular flexibility index (Phi) is 4.99. The van der Waals surface area contributed by atoms with Gasteiger partial charge < -0.3 is 14.4 Å². The molecule has 24 heavy (non-hydrogen) atoms. The average molecular weight is 353 g/mol. The van der Waals surface area contributed by atoms with Crippen LogP contribution in [0.1, 0.15) is 26.2 Å². The highest BCUT2D eigenvalue weighted by atomic mass is 32.2. The number of rotatable bonds is 4. The van der Waals surface area contributed by atoms with Crippen LogP contribution in [0.3, 0.4) is 0 Å². The number of carbonyl (C=O) groups is 1. The third-order valence-electron chi connectivity index (χ3n) is 4.47. The second-order valence-corrected chi connectivity index (χ2v) is 8.57. The molecule has 0 N–H and O–H groups in total. The van der Waals surface area contributed by atoms with Crippen molar-refractivity contribution in [1.29, 1.82) is 0 Å². The van der Waals surface area contributed by atoms with Crippen LogP contribution in [0, 0.1) is 5.92 Å². The molecule has 2 aliphatic rings. The normalized spacial score (nSPS) is 20.7. The Morgan fingerprint density at radius 1 is 1.25 bits per heavy atom. The van der Waals surface area contributed by atoms with E-state index in [9.17, 15) is 13.2 Å². The van der Waals surface area contributed by atoms with Crippen LogP contribution in [0.2, 0.25) is 0 Å². The highest BCUT2D eigenvalue weighted by Crippen LogP contribution is 2.32. The van der Waals surface area contributed by atoms with Crippen LogP contribution in [0.4, 0.5) is 0 Å². The summed E-state index contributed by atoms with van der Waals surface area (Å²) in [5, 5.41) is 0. The molecule has 1 aromatic carbocycles. The predicted molar refractivity (Wildman–Crippen MR) is 89.1 cm³/mol. The molecule has 6 nitrogen and oxygen atoms in total. The lowest BCUT2D eigenvalue weighted by Crippen LogP contribution is -2.39. The first-order chi connectivity index (χ1) is 11.5. The van der Waals surface area contributed by atoms with Gasteiger partial charge in [0.05, 0.1) is 10.6 Å². The van der Waals surface area contributed by atoms with Crippen LogP contribution in [-0.4, -0.2) is 51.3 Å². The van der Waals surface area contributed by atoms with E-state index in [2.05, 4.69) is 6.92 Å².